The minimum Gasteiger partial charge on any atom is -0.398 e. The monoisotopic (exact) mass is 224 g/mol. The molecule has 0 saturated heterocycles. The van der Waals surface area contributed by atoms with E-state index in [1.165, 1.54) is 31.2 Å². The smallest absolute Gasteiger partial charge is 0.0635 e. The van der Waals surface area contributed by atoms with E-state index >= 15 is 0 Å². The molecule has 1 fully saturated rings. The van der Waals surface area contributed by atoms with Gasteiger partial charge in [-0.1, -0.05) is 30.5 Å². The van der Waals surface area contributed by atoms with Crippen molar-refractivity contribution < 1.29 is 0 Å². The molecule has 0 heterocycles. The summed E-state index contributed by atoms with van der Waals surface area (Å²) in [6, 6.07) is 5.93. The Morgan fingerprint density at radius 2 is 1.93 bits per heavy atom. The van der Waals surface area contributed by atoms with E-state index in [0.29, 0.717) is 17.3 Å². The van der Waals surface area contributed by atoms with E-state index in [4.69, 9.17) is 23.1 Å². The first-order valence-corrected chi connectivity index (χ1v) is 5.81. The zero-order valence-corrected chi connectivity index (χ0v) is 9.56. The summed E-state index contributed by atoms with van der Waals surface area (Å²) in [6.07, 6.45) is 4.87. The Labute approximate surface area is 95.6 Å². The molecule has 0 atom stereocenters. The molecule has 1 aromatic carbocycles. The molecule has 0 unspecified atom stereocenters. The van der Waals surface area contributed by atoms with Gasteiger partial charge in [0, 0.05) is 12.0 Å². The molecule has 2 rings (SSSR count). The third-order valence-corrected chi connectivity index (χ3v) is 3.90. The third-order valence-electron chi connectivity index (χ3n) is 3.56. The topological polar surface area (TPSA) is 52.0 Å². The number of rotatable bonds is 2. The summed E-state index contributed by atoms with van der Waals surface area (Å²) in [7, 11) is 0. The fourth-order valence-corrected chi connectivity index (χ4v) is 2.65. The van der Waals surface area contributed by atoms with Crippen LogP contribution < -0.4 is 11.5 Å². The van der Waals surface area contributed by atoms with Gasteiger partial charge in [0.25, 0.3) is 0 Å². The number of halogens is 1. The van der Waals surface area contributed by atoms with Crippen LogP contribution in [0.3, 0.4) is 0 Å². The second-order valence-corrected chi connectivity index (χ2v) is 4.84. The van der Waals surface area contributed by atoms with Gasteiger partial charge in [-0.3, -0.25) is 0 Å². The SMILES string of the molecule is NCC1(c2ccc(Cl)c(N)c2)CCCC1. The van der Waals surface area contributed by atoms with E-state index in [9.17, 15) is 0 Å². The highest BCUT2D eigenvalue weighted by molar-refractivity contribution is 6.33. The lowest BCUT2D eigenvalue weighted by Gasteiger charge is -2.28. The van der Waals surface area contributed by atoms with Crippen LogP contribution in [0, 0.1) is 0 Å². The maximum Gasteiger partial charge on any atom is 0.0635 e. The van der Waals surface area contributed by atoms with Crippen molar-refractivity contribution >= 4 is 17.3 Å². The lowest BCUT2D eigenvalue weighted by molar-refractivity contribution is 0.453. The van der Waals surface area contributed by atoms with Crippen molar-refractivity contribution in [2.24, 2.45) is 5.73 Å². The summed E-state index contributed by atoms with van der Waals surface area (Å²) in [5.41, 5.74) is 13.8. The van der Waals surface area contributed by atoms with Gasteiger partial charge in [0.1, 0.15) is 0 Å². The van der Waals surface area contributed by atoms with Crippen molar-refractivity contribution in [1.29, 1.82) is 0 Å². The molecule has 2 nitrogen and oxygen atoms in total. The molecule has 15 heavy (non-hydrogen) atoms. The summed E-state index contributed by atoms with van der Waals surface area (Å²) >= 11 is 5.92. The van der Waals surface area contributed by atoms with Crippen LogP contribution >= 0.6 is 11.6 Å². The molecule has 4 N–H and O–H groups in total. The fourth-order valence-electron chi connectivity index (χ4n) is 2.54. The van der Waals surface area contributed by atoms with Crippen molar-refractivity contribution in [2.45, 2.75) is 31.1 Å². The van der Waals surface area contributed by atoms with Crippen LogP contribution in [0.2, 0.25) is 5.02 Å². The second kappa shape index (κ2) is 4.03. The highest BCUT2D eigenvalue weighted by Gasteiger charge is 2.34. The van der Waals surface area contributed by atoms with Crippen molar-refractivity contribution in [2.75, 3.05) is 12.3 Å². The number of hydrogen-bond acceptors (Lipinski definition) is 2. The highest BCUT2D eigenvalue weighted by atomic mass is 35.5. The Kier molecular flexibility index (Phi) is 2.89. The number of hydrogen-bond donors (Lipinski definition) is 2. The lowest BCUT2D eigenvalue weighted by Crippen LogP contribution is -2.32. The van der Waals surface area contributed by atoms with Crippen LogP contribution in [0.1, 0.15) is 31.2 Å². The Morgan fingerprint density at radius 1 is 1.27 bits per heavy atom. The quantitative estimate of drug-likeness (QED) is 0.759. The van der Waals surface area contributed by atoms with E-state index in [1.54, 1.807) is 0 Å². The number of benzene rings is 1. The molecule has 0 aliphatic heterocycles. The van der Waals surface area contributed by atoms with Crippen molar-refractivity contribution in [3.05, 3.63) is 28.8 Å². The van der Waals surface area contributed by atoms with Crippen LogP contribution in [-0.4, -0.2) is 6.54 Å². The highest BCUT2D eigenvalue weighted by Crippen LogP contribution is 2.41. The Hall–Kier alpha value is -0.730. The zero-order chi connectivity index (χ0) is 10.9. The van der Waals surface area contributed by atoms with Gasteiger partial charge in [-0.05, 0) is 30.5 Å². The fraction of sp³-hybridized carbons (Fsp3) is 0.500. The molecular weight excluding hydrogens is 208 g/mol. The first-order valence-electron chi connectivity index (χ1n) is 5.43. The molecule has 0 bridgehead atoms. The number of nitrogen functional groups attached to an aromatic ring is 1. The second-order valence-electron chi connectivity index (χ2n) is 4.43. The molecule has 1 aromatic rings. The van der Waals surface area contributed by atoms with Gasteiger partial charge in [-0.2, -0.15) is 0 Å². The summed E-state index contributed by atoms with van der Waals surface area (Å²) in [4.78, 5) is 0. The Morgan fingerprint density at radius 3 is 2.47 bits per heavy atom. The van der Waals surface area contributed by atoms with Gasteiger partial charge >= 0.3 is 0 Å². The van der Waals surface area contributed by atoms with Crippen LogP contribution in [-0.2, 0) is 5.41 Å². The first-order chi connectivity index (χ1) is 7.18. The van der Waals surface area contributed by atoms with Gasteiger partial charge in [0.15, 0.2) is 0 Å². The standard InChI is InChI=1S/C12H17ClN2/c13-10-4-3-9(7-11(10)15)12(8-14)5-1-2-6-12/h3-4,7H,1-2,5-6,8,14-15H2. The molecule has 0 spiro atoms. The molecule has 1 aliphatic carbocycles. The van der Waals surface area contributed by atoms with Gasteiger partial charge < -0.3 is 11.5 Å². The predicted octanol–water partition coefficient (Wildman–Crippen LogP) is 2.69. The Balaban J connectivity index is 2.38. The average molecular weight is 225 g/mol. The molecular formula is C12H17ClN2. The largest absolute Gasteiger partial charge is 0.398 e. The summed E-state index contributed by atoms with van der Waals surface area (Å²) in [5.74, 6) is 0. The lowest BCUT2D eigenvalue weighted by atomic mass is 9.79. The van der Waals surface area contributed by atoms with E-state index in [1.807, 2.05) is 12.1 Å². The average Bonchev–Trinajstić information content (AvgIpc) is 2.72. The van der Waals surface area contributed by atoms with Crippen molar-refractivity contribution in [3.8, 4) is 0 Å². The molecule has 0 aromatic heterocycles. The first kappa shape index (κ1) is 10.8. The summed E-state index contributed by atoms with van der Waals surface area (Å²) in [5, 5.41) is 0.629. The molecule has 1 aliphatic rings. The van der Waals surface area contributed by atoms with E-state index in [-0.39, 0.29) is 5.41 Å². The van der Waals surface area contributed by atoms with E-state index < -0.39 is 0 Å². The predicted molar refractivity (Wildman–Crippen MR) is 65.1 cm³/mol. The number of nitrogens with two attached hydrogens (primary N) is 2. The van der Waals surface area contributed by atoms with Gasteiger partial charge in [-0.15, -0.1) is 0 Å². The van der Waals surface area contributed by atoms with E-state index in [2.05, 4.69) is 6.07 Å². The van der Waals surface area contributed by atoms with Crippen LogP contribution in [0.25, 0.3) is 0 Å². The van der Waals surface area contributed by atoms with Crippen molar-refractivity contribution in [3.63, 3.8) is 0 Å². The minimum atomic E-state index is 0.151. The normalized spacial score (nSPS) is 19.3. The Bertz CT molecular complexity index is 357. The van der Waals surface area contributed by atoms with E-state index in [0.717, 1.165) is 0 Å². The maximum atomic E-state index is 5.92. The third kappa shape index (κ3) is 1.84. The molecule has 3 heteroatoms. The summed E-state index contributed by atoms with van der Waals surface area (Å²) in [6.45, 7) is 0.702. The van der Waals surface area contributed by atoms with Crippen LogP contribution in [0.15, 0.2) is 18.2 Å². The van der Waals surface area contributed by atoms with Gasteiger partial charge in [-0.25, -0.2) is 0 Å². The molecule has 0 radical (unpaired) electrons. The molecule has 1 saturated carbocycles. The maximum absolute atomic E-state index is 5.92. The number of anilines is 1. The molecule has 82 valence electrons. The molecule has 0 amide bonds. The van der Waals surface area contributed by atoms with Gasteiger partial charge in [0.05, 0.1) is 10.7 Å². The van der Waals surface area contributed by atoms with Crippen LogP contribution in [0.4, 0.5) is 5.69 Å². The van der Waals surface area contributed by atoms with Crippen LogP contribution in [0.5, 0.6) is 0 Å². The van der Waals surface area contributed by atoms with Crippen molar-refractivity contribution in [1.82, 2.24) is 0 Å². The minimum absolute atomic E-state index is 0.151. The van der Waals surface area contributed by atoms with Gasteiger partial charge in [0.2, 0.25) is 0 Å². The zero-order valence-electron chi connectivity index (χ0n) is 8.80. The summed E-state index contributed by atoms with van der Waals surface area (Å²) < 4.78 is 0.